The summed E-state index contributed by atoms with van der Waals surface area (Å²) in [5.41, 5.74) is 1.42. The number of hydrogen-bond acceptors (Lipinski definition) is 3. The summed E-state index contributed by atoms with van der Waals surface area (Å²) in [4.78, 5) is 0. The Hall–Kier alpha value is -1.06. The summed E-state index contributed by atoms with van der Waals surface area (Å²) in [5.74, 6) is 2.50. The Kier molecular flexibility index (Phi) is 4.58. The molecule has 1 aliphatic heterocycles. The first-order valence-electron chi connectivity index (χ1n) is 7.80. The predicted octanol–water partition coefficient (Wildman–Crippen LogP) is 2.96. The maximum Gasteiger partial charge on any atom is 0.119 e. The molecule has 0 spiro atoms. The van der Waals surface area contributed by atoms with Crippen LogP contribution in [0.25, 0.3) is 0 Å². The Labute approximate surface area is 121 Å². The zero-order valence-electron chi connectivity index (χ0n) is 12.3. The monoisotopic (exact) mass is 275 g/mol. The third-order valence-electron chi connectivity index (χ3n) is 4.74. The second-order valence-electron chi connectivity index (χ2n) is 6.11. The Morgan fingerprint density at radius 2 is 2.05 bits per heavy atom. The molecule has 20 heavy (non-hydrogen) atoms. The van der Waals surface area contributed by atoms with Gasteiger partial charge in [0.05, 0.1) is 7.11 Å². The van der Waals surface area contributed by atoms with Crippen molar-refractivity contribution in [2.24, 2.45) is 5.92 Å². The van der Waals surface area contributed by atoms with Gasteiger partial charge < -0.3 is 14.8 Å². The molecular formula is C17H25NO2. The molecule has 0 unspecified atom stereocenters. The summed E-state index contributed by atoms with van der Waals surface area (Å²) in [6.45, 7) is 3.06. The minimum atomic E-state index is 0.703. The van der Waals surface area contributed by atoms with E-state index in [2.05, 4.69) is 23.5 Å². The lowest BCUT2D eigenvalue weighted by molar-refractivity contribution is 0.0640. The molecule has 110 valence electrons. The quantitative estimate of drug-likeness (QED) is 0.896. The molecule has 1 aromatic rings. The molecule has 1 heterocycles. The fourth-order valence-electron chi connectivity index (χ4n) is 3.24. The molecule has 1 N–H and O–H groups in total. The van der Waals surface area contributed by atoms with Crippen LogP contribution < -0.4 is 10.1 Å². The molecule has 3 heteroatoms. The van der Waals surface area contributed by atoms with Crippen LogP contribution in [-0.2, 0) is 4.74 Å². The number of methoxy groups -OCH3 is 1. The van der Waals surface area contributed by atoms with Gasteiger partial charge in [0.1, 0.15) is 5.75 Å². The smallest absolute Gasteiger partial charge is 0.119 e. The van der Waals surface area contributed by atoms with Gasteiger partial charge >= 0.3 is 0 Å². The second kappa shape index (κ2) is 6.59. The van der Waals surface area contributed by atoms with E-state index in [0.29, 0.717) is 12.0 Å². The molecule has 0 amide bonds. The van der Waals surface area contributed by atoms with E-state index in [-0.39, 0.29) is 0 Å². The van der Waals surface area contributed by atoms with Crippen LogP contribution in [-0.4, -0.2) is 32.9 Å². The molecule has 1 aromatic carbocycles. The van der Waals surface area contributed by atoms with Crippen molar-refractivity contribution in [3.05, 3.63) is 29.8 Å². The molecular weight excluding hydrogens is 250 g/mol. The summed E-state index contributed by atoms with van der Waals surface area (Å²) < 4.78 is 10.7. The van der Waals surface area contributed by atoms with Crippen LogP contribution in [0.1, 0.15) is 37.2 Å². The zero-order chi connectivity index (χ0) is 13.8. The van der Waals surface area contributed by atoms with Crippen LogP contribution in [0.2, 0.25) is 0 Å². The lowest BCUT2D eigenvalue weighted by Crippen LogP contribution is -2.42. The Bertz CT molecular complexity index is 423. The standard InChI is InChI=1S/C17H25NO2/c1-19-17-4-2-3-14(11-17)15-9-16(10-15)18-12-13-5-7-20-8-6-13/h2-4,11,13,15-16,18H,5-10,12H2,1H3. The summed E-state index contributed by atoms with van der Waals surface area (Å²) in [6.07, 6.45) is 4.96. The maximum absolute atomic E-state index is 5.40. The number of rotatable bonds is 5. The van der Waals surface area contributed by atoms with E-state index in [9.17, 15) is 0 Å². The first kappa shape index (κ1) is 13.9. The van der Waals surface area contributed by atoms with Gasteiger partial charge in [0.2, 0.25) is 0 Å². The van der Waals surface area contributed by atoms with Crippen LogP contribution in [0.4, 0.5) is 0 Å². The molecule has 2 fully saturated rings. The van der Waals surface area contributed by atoms with Gasteiger partial charge in [0, 0.05) is 19.3 Å². The van der Waals surface area contributed by atoms with Gasteiger partial charge in [0.25, 0.3) is 0 Å². The minimum absolute atomic E-state index is 0.703. The summed E-state index contributed by atoms with van der Waals surface area (Å²) >= 11 is 0. The SMILES string of the molecule is COc1cccc(C2CC(NCC3CCOCC3)C2)c1. The predicted molar refractivity (Wildman–Crippen MR) is 80.3 cm³/mol. The van der Waals surface area contributed by atoms with Gasteiger partial charge in [-0.05, 0) is 61.8 Å². The number of ether oxygens (including phenoxy) is 2. The molecule has 3 rings (SSSR count). The van der Waals surface area contributed by atoms with E-state index in [0.717, 1.165) is 24.9 Å². The first-order valence-corrected chi connectivity index (χ1v) is 7.80. The van der Waals surface area contributed by atoms with Crippen LogP contribution in [0, 0.1) is 5.92 Å². The first-order chi connectivity index (χ1) is 9.85. The Morgan fingerprint density at radius 3 is 2.80 bits per heavy atom. The van der Waals surface area contributed by atoms with Gasteiger partial charge in [-0.15, -0.1) is 0 Å². The van der Waals surface area contributed by atoms with Gasteiger partial charge in [-0.2, -0.15) is 0 Å². The summed E-state index contributed by atoms with van der Waals surface area (Å²) in [5, 5.41) is 3.73. The highest BCUT2D eigenvalue weighted by molar-refractivity contribution is 5.32. The van der Waals surface area contributed by atoms with Crippen molar-refractivity contribution in [2.45, 2.75) is 37.6 Å². The third kappa shape index (κ3) is 3.33. The normalized spacial score (nSPS) is 27.1. The Balaban J connectivity index is 1.41. The molecule has 0 radical (unpaired) electrons. The van der Waals surface area contributed by atoms with Gasteiger partial charge in [-0.1, -0.05) is 12.1 Å². The van der Waals surface area contributed by atoms with E-state index >= 15 is 0 Å². The van der Waals surface area contributed by atoms with Crippen molar-refractivity contribution >= 4 is 0 Å². The average molecular weight is 275 g/mol. The fourth-order valence-corrected chi connectivity index (χ4v) is 3.24. The van der Waals surface area contributed by atoms with Crippen LogP contribution in [0.15, 0.2) is 24.3 Å². The van der Waals surface area contributed by atoms with Gasteiger partial charge in [0.15, 0.2) is 0 Å². The zero-order valence-corrected chi connectivity index (χ0v) is 12.3. The van der Waals surface area contributed by atoms with Crippen molar-refractivity contribution in [3.63, 3.8) is 0 Å². The lowest BCUT2D eigenvalue weighted by Gasteiger charge is -2.37. The van der Waals surface area contributed by atoms with E-state index in [4.69, 9.17) is 9.47 Å². The molecule has 1 saturated heterocycles. The van der Waals surface area contributed by atoms with Crippen molar-refractivity contribution in [1.29, 1.82) is 0 Å². The van der Waals surface area contributed by atoms with Gasteiger partial charge in [-0.25, -0.2) is 0 Å². The molecule has 1 saturated carbocycles. The van der Waals surface area contributed by atoms with Crippen molar-refractivity contribution in [1.82, 2.24) is 5.32 Å². The van der Waals surface area contributed by atoms with Crippen molar-refractivity contribution in [2.75, 3.05) is 26.9 Å². The summed E-state index contributed by atoms with van der Waals surface area (Å²) in [6, 6.07) is 9.22. The molecule has 0 atom stereocenters. The molecule has 1 aliphatic carbocycles. The maximum atomic E-state index is 5.40. The molecule has 0 aromatic heterocycles. The van der Waals surface area contributed by atoms with E-state index in [1.54, 1.807) is 7.11 Å². The highest BCUT2D eigenvalue weighted by Crippen LogP contribution is 2.38. The molecule has 3 nitrogen and oxygen atoms in total. The Morgan fingerprint density at radius 1 is 1.25 bits per heavy atom. The second-order valence-corrected chi connectivity index (χ2v) is 6.11. The summed E-state index contributed by atoms with van der Waals surface area (Å²) in [7, 11) is 1.73. The topological polar surface area (TPSA) is 30.5 Å². The van der Waals surface area contributed by atoms with E-state index < -0.39 is 0 Å². The minimum Gasteiger partial charge on any atom is -0.497 e. The number of hydrogen-bond donors (Lipinski definition) is 1. The number of nitrogens with one attached hydrogen (secondary N) is 1. The largest absolute Gasteiger partial charge is 0.497 e. The van der Waals surface area contributed by atoms with Crippen molar-refractivity contribution in [3.8, 4) is 5.75 Å². The fraction of sp³-hybridized carbons (Fsp3) is 0.647. The van der Waals surface area contributed by atoms with Crippen LogP contribution in [0.3, 0.4) is 0 Å². The molecule has 2 aliphatic rings. The highest BCUT2D eigenvalue weighted by atomic mass is 16.5. The lowest BCUT2D eigenvalue weighted by atomic mass is 9.75. The van der Waals surface area contributed by atoms with Gasteiger partial charge in [-0.3, -0.25) is 0 Å². The average Bonchev–Trinajstić information content (AvgIpc) is 2.47. The third-order valence-corrected chi connectivity index (χ3v) is 4.74. The van der Waals surface area contributed by atoms with Crippen LogP contribution >= 0.6 is 0 Å². The highest BCUT2D eigenvalue weighted by Gasteiger charge is 2.30. The van der Waals surface area contributed by atoms with Crippen molar-refractivity contribution < 1.29 is 9.47 Å². The molecule has 0 bridgehead atoms. The van der Waals surface area contributed by atoms with Crippen LogP contribution in [0.5, 0.6) is 5.75 Å². The van der Waals surface area contributed by atoms with E-state index in [1.807, 2.05) is 6.07 Å². The number of benzene rings is 1. The van der Waals surface area contributed by atoms with E-state index in [1.165, 1.54) is 37.8 Å².